The predicted molar refractivity (Wildman–Crippen MR) is 79.5 cm³/mol. The van der Waals surface area contributed by atoms with Gasteiger partial charge in [0.05, 0.1) is 5.69 Å². The molecule has 0 aliphatic heterocycles. The van der Waals surface area contributed by atoms with Crippen LogP contribution >= 0.6 is 0 Å². The summed E-state index contributed by atoms with van der Waals surface area (Å²) in [5.74, 6) is 2.27. The number of anilines is 1. The van der Waals surface area contributed by atoms with Gasteiger partial charge in [0.25, 0.3) is 0 Å². The van der Waals surface area contributed by atoms with Crippen molar-refractivity contribution in [3.05, 3.63) is 29.1 Å². The Morgan fingerprint density at radius 2 is 1.84 bits per heavy atom. The third-order valence-corrected chi connectivity index (χ3v) is 4.52. The molecule has 0 amide bonds. The number of hydrogen-bond donors (Lipinski definition) is 1. The molecule has 1 aliphatic carbocycles. The number of fused-ring (bicyclic) bond motifs is 1. The van der Waals surface area contributed by atoms with Gasteiger partial charge in [-0.2, -0.15) is 0 Å². The van der Waals surface area contributed by atoms with E-state index in [1.165, 1.54) is 36.9 Å². The SMILES string of the molecule is Cc1cc(C)n2c(N)c(C3CCC(C)CC3)nc2c1. The number of nitrogens with zero attached hydrogens (tertiary/aromatic N) is 2. The van der Waals surface area contributed by atoms with Crippen molar-refractivity contribution in [2.24, 2.45) is 5.92 Å². The van der Waals surface area contributed by atoms with E-state index in [0.717, 1.165) is 23.1 Å². The van der Waals surface area contributed by atoms with Gasteiger partial charge >= 0.3 is 0 Å². The molecule has 1 fully saturated rings. The summed E-state index contributed by atoms with van der Waals surface area (Å²) in [6.07, 6.45) is 5.06. The topological polar surface area (TPSA) is 43.3 Å². The van der Waals surface area contributed by atoms with Gasteiger partial charge in [0.1, 0.15) is 11.5 Å². The van der Waals surface area contributed by atoms with Gasteiger partial charge in [-0.1, -0.05) is 19.8 Å². The van der Waals surface area contributed by atoms with E-state index in [2.05, 4.69) is 37.3 Å². The molecule has 0 bridgehead atoms. The zero-order chi connectivity index (χ0) is 13.6. The molecule has 0 saturated heterocycles. The Balaban J connectivity index is 2.05. The lowest BCUT2D eigenvalue weighted by Gasteiger charge is -2.25. The third kappa shape index (κ3) is 2.11. The summed E-state index contributed by atoms with van der Waals surface area (Å²) in [6, 6.07) is 4.29. The number of aryl methyl sites for hydroxylation is 2. The fraction of sp³-hybridized carbons (Fsp3) is 0.562. The molecule has 0 aromatic carbocycles. The van der Waals surface area contributed by atoms with E-state index in [1.54, 1.807) is 0 Å². The highest BCUT2D eigenvalue weighted by Crippen LogP contribution is 2.37. The van der Waals surface area contributed by atoms with Crippen molar-refractivity contribution in [1.82, 2.24) is 9.38 Å². The second kappa shape index (κ2) is 4.55. The highest BCUT2D eigenvalue weighted by Gasteiger charge is 2.25. The summed E-state index contributed by atoms with van der Waals surface area (Å²) >= 11 is 0. The first-order valence-electron chi connectivity index (χ1n) is 7.31. The van der Waals surface area contributed by atoms with E-state index in [1.807, 2.05) is 0 Å². The number of rotatable bonds is 1. The third-order valence-electron chi connectivity index (χ3n) is 4.52. The summed E-state index contributed by atoms with van der Waals surface area (Å²) in [7, 11) is 0. The average molecular weight is 257 g/mol. The van der Waals surface area contributed by atoms with Crippen molar-refractivity contribution in [2.75, 3.05) is 5.73 Å². The van der Waals surface area contributed by atoms with E-state index in [0.29, 0.717) is 5.92 Å². The maximum atomic E-state index is 6.36. The van der Waals surface area contributed by atoms with E-state index in [4.69, 9.17) is 10.7 Å². The zero-order valence-corrected chi connectivity index (χ0v) is 12.1. The number of nitrogens with two attached hydrogens (primary N) is 1. The lowest BCUT2D eigenvalue weighted by Crippen LogP contribution is -2.12. The molecule has 3 nitrogen and oxygen atoms in total. The largest absolute Gasteiger partial charge is 0.383 e. The molecule has 2 heterocycles. The highest BCUT2D eigenvalue weighted by molar-refractivity contribution is 5.56. The molecule has 1 aliphatic rings. The van der Waals surface area contributed by atoms with Crippen LogP contribution < -0.4 is 5.73 Å². The van der Waals surface area contributed by atoms with Gasteiger partial charge in [-0.3, -0.25) is 4.40 Å². The first kappa shape index (κ1) is 12.5. The Hall–Kier alpha value is -1.51. The Bertz CT molecular complexity index is 604. The van der Waals surface area contributed by atoms with E-state index in [-0.39, 0.29) is 0 Å². The maximum Gasteiger partial charge on any atom is 0.139 e. The molecule has 3 rings (SSSR count). The molecule has 0 spiro atoms. The summed E-state index contributed by atoms with van der Waals surface area (Å²) in [5.41, 5.74) is 10.9. The first-order chi connectivity index (χ1) is 9.06. The monoisotopic (exact) mass is 257 g/mol. The van der Waals surface area contributed by atoms with Crippen molar-refractivity contribution in [1.29, 1.82) is 0 Å². The van der Waals surface area contributed by atoms with Gasteiger partial charge in [0, 0.05) is 11.6 Å². The Morgan fingerprint density at radius 1 is 1.16 bits per heavy atom. The Kier molecular flexibility index (Phi) is 3.00. The first-order valence-corrected chi connectivity index (χ1v) is 7.31. The normalized spacial score (nSPS) is 23.9. The second-order valence-corrected chi connectivity index (χ2v) is 6.21. The Labute approximate surface area is 114 Å². The van der Waals surface area contributed by atoms with Crippen LogP contribution in [-0.4, -0.2) is 9.38 Å². The van der Waals surface area contributed by atoms with Crippen LogP contribution in [0.15, 0.2) is 12.1 Å². The molecular formula is C16H23N3. The lowest BCUT2D eigenvalue weighted by atomic mass is 9.81. The minimum absolute atomic E-state index is 0.552. The molecule has 0 unspecified atom stereocenters. The van der Waals surface area contributed by atoms with Crippen LogP contribution in [0.2, 0.25) is 0 Å². The maximum absolute atomic E-state index is 6.36. The van der Waals surface area contributed by atoms with Crippen LogP contribution in [0, 0.1) is 19.8 Å². The quantitative estimate of drug-likeness (QED) is 0.843. The zero-order valence-electron chi connectivity index (χ0n) is 12.1. The molecule has 1 saturated carbocycles. The number of pyridine rings is 1. The van der Waals surface area contributed by atoms with Gasteiger partial charge in [-0.15, -0.1) is 0 Å². The molecule has 3 heteroatoms. The molecular weight excluding hydrogens is 234 g/mol. The summed E-state index contributed by atoms with van der Waals surface area (Å²) in [6.45, 7) is 6.56. The molecule has 0 atom stereocenters. The van der Waals surface area contributed by atoms with Crippen LogP contribution in [0.1, 0.15) is 55.5 Å². The molecule has 2 aromatic rings. The van der Waals surface area contributed by atoms with Crippen LogP contribution in [0.3, 0.4) is 0 Å². The van der Waals surface area contributed by atoms with Crippen LogP contribution in [0.5, 0.6) is 0 Å². The van der Waals surface area contributed by atoms with Gasteiger partial charge in [0.15, 0.2) is 0 Å². The summed E-state index contributed by atoms with van der Waals surface area (Å²) in [4.78, 5) is 4.82. The second-order valence-electron chi connectivity index (χ2n) is 6.21. The molecule has 2 N–H and O–H groups in total. The number of nitrogen functional groups attached to an aromatic ring is 1. The average Bonchev–Trinajstić information content (AvgIpc) is 2.67. The fourth-order valence-corrected chi connectivity index (χ4v) is 3.41. The summed E-state index contributed by atoms with van der Waals surface area (Å²) in [5, 5.41) is 0. The van der Waals surface area contributed by atoms with Crippen molar-refractivity contribution in [3.63, 3.8) is 0 Å². The Morgan fingerprint density at radius 3 is 2.53 bits per heavy atom. The van der Waals surface area contributed by atoms with Crippen LogP contribution in [0.25, 0.3) is 5.65 Å². The molecule has 102 valence electrons. The molecule has 2 aromatic heterocycles. The van der Waals surface area contributed by atoms with Gasteiger partial charge in [-0.05, 0) is 50.3 Å². The summed E-state index contributed by atoms with van der Waals surface area (Å²) < 4.78 is 2.10. The van der Waals surface area contributed by atoms with Crippen molar-refractivity contribution >= 4 is 11.5 Å². The van der Waals surface area contributed by atoms with Crippen LogP contribution in [0.4, 0.5) is 5.82 Å². The molecule has 19 heavy (non-hydrogen) atoms. The van der Waals surface area contributed by atoms with Gasteiger partial charge in [0.2, 0.25) is 0 Å². The number of imidazole rings is 1. The van der Waals surface area contributed by atoms with Gasteiger partial charge < -0.3 is 5.73 Å². The standard InChI is InChI=1S/C16H23N3/c1-10-4-6-13(7-5-10)15-16(17)19-12(3)8-11(2)9-14(19)18-15/h8-10,13H,4-7,17H2,1-3H3. The van der Waals surface area contributed by atoms with Gasteiger partial charge in [-0.25, -0.2) is 4.98 Å². The van der Waals surface area contributed by atoms with Crippen molar-refractivity contribution < 1.29 is 0 Å². The van der Waals surface area contributed by atoms with E-state index in [9.17, 15) is 0 Å². The molecule has 0 radical (unpaired) electrons. The minimum atomic E-state index is 0.552. The van der Waals surface area contributed by atoms with Crippen molar-refractivity contribution in [3.8, 4) is 0 Å². The lowest BCUT2D eigenvalue weighted by molar-refractivity contribution is 0.345. The fourth-order valence-electron chi connectivity index (χ4n) is 3.41. The predicted octanol–water partition coefficient (Wildman–Crippen LogP) is 3.83. The number of hydrogen-bond acceptors (Lipinski definition) is 2. The van der Waals surface area contributed by atoms with E-state index >= 15 is 0 Å². The van der Waals surface area contributed by atoms with Crippen molar-refractivity contribution in [2.45, 2.75) is 52.4 Å². The van der Waals surface area contributed by atoms with E-state index < -0.39 is 0 Å². The van der Waals surface area contributed by atoms with Crippen LogP contribution in [-0.2, 0) is 0 Å². The smallest absolute Gasteiger partial charge is 0.139 e. The number of aromatic nitrogens is 2. The minimum Gasteiger partial charge on any atom is -0.383 e. The highest BCUT2D eigenvalue weighted by atomic mass is 15.1.